The van der Waals surface area contributed by atoms with Gasteiger partial charge in [-0.2, -0.15) is 0 Å². The lowest BCUT2D eigenvalue weighted by Crippen LogP contribution is -2.43. The molecule has 1 aromatic rings. The van der Waals surface area contributed by atoms with E-state index >= 15 is 0 Å². The van der Waals surface area contributed by atoms with Crippen molar-refractivity contribution < 1.29 is 9.53 Å². The summed E-state index contributed by atoms with van der Waals surface area (Å²) < 4.78 is 5.43. The zero-order valence-electron chi connectivity index (χ0n) is 9.02. The maximum absolute atomic E-state index is 11.8. The first-order valence-electron chi connectivity index (χ1n) is 5.10. The van der Waals surface area contributed by atoms with Gasteiger partial charge >= 0.3 is 0 Å². The molecule has 0 unspecified atom stereocenters. The molecule has 1 amide bonds. The van der Waals surface area contributed by atoms with Crippen LogP contribution < -0.4 is 11.1 Å². The largest absolute Gasteiger partial charge is 0.374 e. The molecule has 0 bridgehead atoms. The van der Waals surface area contributed by atoms with E-state index in [1.807, 2.05) is 6.92 Å². The summed E-state index contributed by atoms with van der Waals surface area (Å²) in [4.78, 5) is 11.8. The van der Waals surface area contributed by atoms with Gasteiger partial charge in [0.1, 0.15) is 10.6 Å². The van der Waals surface area contributed by atoms with E-state index < -0.39 is 5.60 Å². The molecule has 0 spiro atoms. The van der Waals surface area contributed by atoms with Crippen LogP contribution in [0.5, 0.6) is 0 Å². The molecular formula is C9H14N4O2S. The Morgan fingerprint density at radius 2 is 2.50 bits per heavy atom. The van der Waals surface area contributed by atoms with Crippen molar-refractivity contribution in [1.29, 1.82) is 0 Å². The summed E-state index contributed by atoms with van der Waals surface area (Å²) in [6.07, 6.45) is 1.69. The third-order valence-corrected chi connectivity index (χ3v) is 3.33. The molecular weight excluding hydrogens is 228 g/mol. The number of nitrogens with zero attached hydrogens (tertiary/aromatic N) is 2. The first-order valence-corrected chi connectivity index (χ1v) is 5.92. The van der Waals surface area contributed by atoms with E-state index in [1.165, 1.54) is 11.3 Å². The summed E-state index contributed by atoms with van der Waals surface area (Å²) in [5.41, 5.74) is 4.76. The van der Waals surface area contributed by atoms with Crippen molar-refractivity contribution in [2.24, 2.45) is 0 Å². The molecule has 2 heterocycles. The monoisotopic (exact) mass is 242 g/mol. The molecule has 0 aromatic carbocycles. The molecule has 1 fully saturated rings. The molecule has 7 heteroatoms. The second kappa shape index (κ2) is 4.34. The Kier molecular flexibility index (Phi) is 3.06. The smallest absolute Gasteiger partial charge is 0.252 e. The minimum atomic E-state index is -0.684. The van der Waals surface area contributed by atoms with E-state index in [1.54, 1.807) is 0 Å². The molecule has 3 N–H and O–H groups in total. The molecule has 0 radical (unpaired) electrons. The van der Waals surface area contributed by atoms with Crippen molar-refractivity contribution in [2.45, 2.75) is 31.9 Å². The lowest BCUT2D eigenvalue weighted by atomic mass is 10.0. The molecule has 16 heavy (non-hydrogen) atoms. The highest BCUT2D eigenvalue weighted by molar-refractivity contribution is 7.15. The van der Waals surface area contributed by atoms with Crippen molar-refractivity contribution in [1.82, 2.24) is 15.5 Å². The van der Waals surface area contributed by atoms with Gasteiger partial charge in [-0.15, -0.1) is 10.2 Å². The number of nitrogen functional groups attached to an aromatic ring is 1. The fraction of sp³-hybridized carbons (Fsp3) is 0.667. The summed E-state index contributed by atoms with van der Waals surface area (Å²) in [5.74, 6) is -0.0984. The molecule has 1 aromatic heterocycles. The van der Waals surface area contributed by atoms with E-state index in [9.17, 15) is 4.79 Å². The van der Waals surface area contributed by atoms with Crippen molar-refractivity contribution in [2.75, 3.05) is 12.3 Å². The highest BCUT2D eigenvalue weighted by atomic mass is 32.1. The molecule has 1 aliphatic rings. The molecule has 1 aliphatic heterocycles. The van der Waals surface area contributed by atoms with Crippen molar-refractivity contribution in [3.8, 4) is 0 Å². The molecule has 88 valence electrons. The summed E-state index contributed by atoms with van der Waals surface area (Å²) in [6, 6.07) is 0. The van der Waals surface area contributed by atoms with Gasteiger partial charge in [0.2, 0.25) is 5.13 Å². The van der Waals surface area contributed by atoms with Crippen molar-refractivity contribution in [3.63, 3.8) is 0 Å². The van der Waals surface area contributed by atoms with Crippen LogP contribution >= 0.6 is 11.3 Å². The standard InChI is InChI=1S/C9H14N4O2S/c1-9(3-2-4-15-9)7(14)11-5-6-12-13-8(10)16-6/h2-5H2,1H3,(H2,10,13)(H,11,14)/t9-/m0/s1. The first-order chi connectivity index (χ1) is 7.60. The van der Waals surface area contributed by atoms with Crippen LogP contribution in [-0.2, 0) is 16.1 Å². The molecule has 6 nitrogen and oxygen atoms in total. The minimum Gasteiger partial charge on any atom is -0.374 e. The van der Waals surface area contributed by atoms with E-state index in [4.69, 9.17) is 10.5 Å². The van der Waals surface area contributed by atoms with Gasteiger partial charge in [0.15, 0.2) is 0 Å². The summed E-state index contributed by atoms with van der Waals surface area (Å²) in [6.45, 7) is 2.81. The molecule has 1 atom stereocenters. The number of hydrogen-bond donors (Lipinski definition) is 2. The lowest BCUT2D eigenvalue weighted by molar-refractivity contribution is -0.139. The van der Waals surface area contributed by atoms with Gasteiger partial charge in [-0.3, -0.25) is 4.79 Å². The number of nitrogens with one attached hydrogen (secondary N) is 1. The Morgan fingerprint density at radius 3 is 3.06 bits per heavy atom. The normalized spacial score (nSPS) is 24.6. The fourth-order valence-electron chi connectivity index (χ4n) is 1.64. The highest BCUT2D eigenvalue weighted by Gasteiger charge is 2.37. The summed E-state index contributed by atoms with van der Waals surface area (Å²) in [7, 11) is 0. The van der Waals surface area contributed by atoms with Crippen LogP contribution in [0.3, 0.4) is 0 Å². The minimum absolute atomic E-state index is 0.0984. The quantitative estimate of drug-likeness (QED) is 0.796. The van der Waals surface area contributed by atoms with Crippen LogP contribution in [0.15, 0.2) is 0 Å². The number of carbonyl (C=O) groups excluding carboxylic acids is 1. The number of amides is 1. The third-order valence-electron chi connectivity index (χ3n) is 2.58. The van der Waals surface area contributed by atoms with Crippen LogP contribution in [0.1, 0.15) is 24.8 Å². The summed E-state index contributed by atoms with van der Waals surface area (Å²) >= 11 is 1.27. The third kappa shape index (κ3) is 2.30. The molecule has 0 aliphatic carbocycles. The highest BCUT2D eigenvalue weighted by Crippen LogP contribution is 2.25. The van der Waals surface area contributed by atoms with E-state index in [0.717, 1.165) is 12.8 Å². The number of rotatable bonds is 3. The van der Waals surface area contributed by atoms with E-state index in [0.29, 0.717) is 23.3 Å². The SMILES string of the molecule is C[C@@]1(C(=O)NCc2nnc(N)s2)CCCO1. The fourth-order valence-corrected chi connectivity index (χ4v) is 2.19. The maximum atomic E-state index is 11.8. The van der Waals surface area contributed by atoms with Gasteiger partial charge in [-0.05, 0) is 19.8 Å². The number of anilines is 1. The van der Waals surface area contributed by atoms with Crippen LogP contribution in [0, 0.1) is 0 Å². The Bertz CT molecular complexity index is 387. The van der Waals surface area contributed by atoms with Gasteiger partial charge in [0.25, 0.3) is 5.91 Å². The van der Waals surface area contributed by atoms with Crippen LogP contribution in [0.25, 0.3) is 0 Å². The Balaban J connectivity index is 1.88. The van der Waals surface area contributed by atoms with Crippen LogP contribution in [0.2, 0.25) is 0 Å². The maximum Gasteiger partial charge on any atom is 0.252 e. The predicted octanol–water partition coefficient (Wildman–Crippen LogP) is 0.306. The van der Waals surface area contributed by atoms with Gasteiger partial charge in [0.05, 0.1) is 6.54 Å². The predicted molar refractivity (Wildman–Crippen MR) is 59.8 cm³/mol. The molecule has 1 saturated heterocycles. The Hall–Kier alpha value is -1.21. The average Bonchev–Trinajstić information content (AvgIpc) is 2.85. The van der Waals surface area contributed by atoms with Crippen LogP contribution in [-0.4, -0.2) is 28.3 Å². The van der Waals surface area contributed by atoms with Crippen molar-refractivity contribution >= 4 is 22.4 Å². The zero-order chi connectivity index (χ0) is 11.6. The molecule has 0 saturated carbocycles. The van der Waals surface area contributed by atoms with Crippen molar-refractivity contribution in [3.05, 3.63) is 5.01 Å². The number of aromatic nitrogens is 2. The van der Waals surface area contributed by atoms with E-state index in [-0.39, 0.29) is 5.91 Å². The Morgan fingerprint density at radius 1 is 1.69 bits per heavy atom. The topological polar surface area (TPSA) is 90.1 Å². The molecule has 2 rings (SSSR count). The zero-order valence-corrected chi connectivity index (χ0v) is 9.84. The second-order valence-electron chi connectivity index (χ2n) is 3.90. The van der Waals surface area contributed by atoms with Gasteiger partial charge in [-0.1, -0.05) is 11.3 Å². The number of nitrogens with two attached hydrogens (primary N) is 1. The van der Waals surface area contributed by atoms with Gasteiger partial charge in [-0.25, -0.2) is 0 Å². The van der Waals surface area contributed by atoms with Gasteiger partial charge in [0, 0.05) is 6.61 Å². The van der Waals surface area contributed by atoms with Gasteiger partial charge < -0.3 is 15.8 Å². The lowest BCUT2D eigenvalue weighted by Gasteiger charge is -2.21. The second-order valence-corrected chi connectivity index (χ2v) is 4.99. The average molecular weight is 242 g/mol. The number of ether oxygens (including phenoxy) is 1. The Labute approximate surface area is 97.2 Å². The number of hydrogen-bond acceptors (Lipinski definition) is 6. The summed E-state index contributed by atoms with van der Waals surface area (Å²) in [5, 5.41) is 11.4. The number of carbonyl (C=O) groups is 1. The van der Waals surface area contributed by atoms with E-state index in [2.05, 4.69) is 15.5 Å². The van der Waals surface area contributed by atoms with Crippen LogP contribution in [0.4, 0.5) is 5.13 Å². The first kappa shape index (κ1) is 11.3.